The quantitative estimate of drug-likeness (QED) is 0.627. The number of aromatic nitrogens is 2. The number of H-pyrrole nitrogens is 1. The molecule has 2 aromatic heterocycles. The van der Waals surface area contributed by atoms with Gasteiger partial charge in [-0.05, 0) is 12.1 Å². The second-order valence-corrected chi connectivity index (χ2v) is 3.57. The highest BCUT2D eigenvalue weighted by atomic mass is 16.6. The molecule has 8 heteroatoms. The van der Waals surface area contributed by atoms with Crippen LogP contribution in [-0.4, -0.2) is 26.0 Å². The van der Waals surface area contributed by atoms with E-state index in [1.54, 1.807) is 0 Å². The molecular formula is C11H7N3O5. The molecule has 0 unspecified atom stereocenters. The molecule has 0 fully saturated rings. The zero-order valence-electron chi connectivity index (χ0n) is 9.36. The highest BCUT2D eigenvalue weighted by molar-refractivity contribution is 5.89. The maximum absolute atomic E-state index is 11.6. The maximum atomic E-state index is 11.6. The number of hydrogen-bond donors (Lipinski definition) is 2. The number of nitro groups is 1. The summed E-state index contributed by atoms with van der Waals surface area (Å²) < 4.78 is 0. The Kier molecular flexibility index (Phi) is 3.06. The van der Waals surface area contributed by atoms with Crippen LogP contribution in [0.1, 0.15) is 10.4 Å². The predicted octanol–water partition coefficient (Wildman–Crippen LogP) is 1.04. The largest absolute Gasteiger partial charge is 0.477 e. The lowest BCUT2D eigenvalue weighted by Gasteiger charge is -2.03. The Hall–Kier alpha value is -3.03. The van der Waals surface area contributed by atoms with E-state index in [9.17, 15) is 19.7 Å². The zero-order chi connectivity index (χ0) is 14.0. The number of carboxylic acids is 1. The van der Waals surface area contributed by atoms with E-state index in [0.29, 0.717) is 5.56 Å². The van der Waals surface area contributed by atoms with Gasteiger partial charge in [0.05, 0.1) is 4.92 Å². The van der Waals surface area contributed by atoms with Crippen LogP contribution in [0, 0.1) is 10.1 Å². The number of aromatic amines is 1. The first-order valence-corrected chi connectivity index (χ1v) is 5.06. The van der Waals surface area contributed by atoms with Gasteiger partial charge in [0.15, 0.2) is 0 Å². The van der Waals surface area contributed by atoms with E-state index in [1.165, 1.54) is 24.5 Å². The van der Waals surface area contributed by atoms with Crippen LogP contribution in [0.3, 0.4) is 0 Å². The van der Waals surface area contributed by atoms with Crippen molar-refractivity contribution in [2.75, 3.05) is 0 Å². The van der Waals surface area contributed by atoms with Crippen LogP contribution in [0.2, 0.25) is 0 Å². The molecule has 0 aliphatic heterocycles. The minimum absolute atomic E-state index is 0.0533. The normalized spacial score (nSPS) is 10.1. The second kappa shape index (κ2) is 4.69. The Balaban J connectivity index is 2.75. The van der Waals surface area contributed by atoms with E-state index >= 15 is 0 Å². The van der Waals surface area contributed by atoms with E-state index < -0.39 is 27.7 Å². The van der Waals surface area contributed by atoms with Crippen LogP contribution in [0.15, 0.2) is 35.4 Å². The van der Waals surface area contributed by atoms with Crippen molar-refractivity contribution in [3.05, 3.63) is 56.6 Å². The summed E-state index contributed by atoms with van der Waals surface area (Å²) in [6.07, 6.45) is 2.81. The lowest BCUT2D eigenvalue weighted by molar-refractivity contribution is -0.384. The van der Waals surface area contributed by atoms with Crippen LogP contribution in [0.4, 0.5) is 5.69 Å². The van der Waals surface area contributed by atoms with E-state index in [2.05, 4.69) is 9.97 Å². The molecule has 0 aromatic carbocycles. The summed E-state index contributed by atoms with van der Waals surface area (Å²) in [5.74, 6) is -1.52. The van der Waals surface area contributed by atoms with Crippen molar-refractivity contribution in [3.8, 4) is 11.3 Å². The second-order valence-electron chi connectivity index (χ2n) is 3.57. The van der Waals surface area contributed by atoms with Gasteiger partial charge in [0, 0.05) is 24.0 Å². The summed E-state index contributed by atoms with van der Waals surface area (Å²) in [4.78, 5) is 38.5. The lowest BCUT2D eigenvalue weighted by Crippen LogP contribution is -2.19. The van der Waals surface area contributed by atoms with E-state index in [-0.39, 0.29) is 5.69 Å². The molecule has 2 N–H and O–H groups in total. The number of nitrogens with zero attached hydrogens (tertiary/aromatic N) is 2. The van der Waals surface area contributed by atoms with Crippen molar-refractivity contribution >= 4 is 11.7 Å². The predicted molar refractivity (Wildman–Crippen MR) is 63.9 cm³/mol. The molecule has 8 nitrogen and oxygen atoms in total. The number of hydrogen-bond acceptors (Lipinski definition) is 5. The van der Waals surface area contributed by atoms with Crippen LogP contribution in [0.25, 0.3) is 11.3 Å². The Bertz CT molecular complexity index is 708. The monoisotopic (exact) mass is 261 g/mol. The van der Waals surface area contributed by atoms with Crippen molar-refractivity contribution in [3.63, 3.8) is 0 Å². The van der Waals surface area contributed by atoms with E-state index in [0.717, 1.165) is 6.07 Å². The average molecular weight is 261 g/mol. The molecule has 96 valence electrons. The highest BCUT2D eigenvalue weighted by Crippen LogP contribution is 2.26. The first-order valence-electron chi connectivity index (χ1n) is 5.06. The molecule has 0 bridgehead atoms. The number of carbonyl (C=O) groups is 1. The Morgan fingerprint density at radius 3 is 2.53 bits per heavy atom. The summed E-state index contributed by atoms with van der Waals surface area (Å²) >= 11 is 0. The van der Waals surface area contributed by atoms with Gasteiger partial charge in [0.1, 0.15) is 11.3 Å². The summed E-state index contributed by atoms with van der Waals surface area (Å²) in [5.41, 5.74) is -1.74. The minimum atomic E-state index is -1.52. The first kappa shape index (κ1) is 12.4. The molecule has 0 aliphatic carbocycles. The van der Waals surface area contributed by atoms with Crippen molar-refractivity contribution in [1.82, 2.24) is 9.97 Å². The smallest absolute Gasteiger partial charge is 0.341 e. The van der Waals surface area contributed by atoms with Gasteiger partial charge >= 0.3 is 5.97 Å². The third kappa shape index (κ3) is 2.32. The van der Waals surface area contributed by atoms with Crippen molar-refractivity contribution < 1.29 is 14.8 Å². The number of carboxylic acid groups (broad SMARTS) is 1. The average Bonchev–Trinajstić information content (AvgIpc) is 2.38. The Labute approximate surface area is 105 Å². The number of aromatic carboxylic acids is 1. The fourth-order valence-corrected chi connectivity index (χ4v) is 1.56. The summed E-state index contributed by atoms with van der Waals surface area (Å²) in [5, 5.41) is 19.7. The molecule has 0 atom stereocenters. The summed E-state index contributed by atoms with van der Waals surface area (Å²) in [6.45, 7) is 0. The Morgan fingerprint density at radius 2 is 2.00 bits per heavy atom. The Morgan fingerprint density at radius 1 is 1.37 bits per heavy atom. The number of pyridine rings is 2. The number of rotatable bonds is 3. The van der Waals surface area contributed by atoms with Crippen LogP contribution in [0.5, 0.6) is 0 Å². The zero-order valence-corrected chi connectivity index (χ0v) is 9.36. The molecular weight excluding hydrogens is 254 g/mol. The highest BCUT2D eigenvalue weighted by Gasteiger charge is 2.22. The van der Waals surface area contributed by atoms with Crippen molar-refractivity contribution in [2.24, 2.45) is 0 Å². The molecule has 2 aromatic rings. The fraction of sp³-hybridized carbons (Fsp3) is 0. The standard InChI is InChI=1S/C11H7N3O5/c15-10-7(11(16)17)5-8(14(18)19)9(13-10)6-1-3-12-4-2-6/h1-5H,(H,13,15)(H,16,17). The molecule has 0 radical (unpaired) electrons. The molecule has 0 spiro atoms. The van der Waals surface area contributed by atoms with Gasteiger partial charge in [-0.3, -0.25) is 19.9 Å². The fourth-order valence-electron chi connectivity index (χ4n) is 1.56. The minimum Gasteiger partial charge on any atom is -0.477 e. The SMILES string of the molecule is O=C(O)c1cc([N+](=O)[O-])c(-c2ccncc2)[nH]c1=O. The molecule has 2 heterocycles. The third-order valence-electron chi connectivity index (χ3n) is 2.42. The van der Waals surface area contributed by atoms with Gasteiger partial charge in [0.2, 0.25) is 0 Å². The van der Waals surface area contributed by atoms with Crippen molar-refractivity contribution in [2.45, 2.75) is 0 Å². The molecule has 0 saturated heterocycles. The molecule has 2 rings (SSSR count). The summed E-state index contributed by atoms with van der Waals surface area (Å²) in [6, 6.07) is 3.69. The van der Waals surface area contributed by atoms with Gasteiger partial charge in [-0.2, -0.15) is 0 Å². The van der Waals surface area contributed by atoms with Crippen LogP contribution in [-0.2, 0) is 0 Å². The van der Waals surface area contributed by atoms with Crippen LogP contribution >= 0.6 is 0 Å². The van der Waals surface area contributed by atoms with Gasteiger partial charge in [0.25, 0.3) is 11.2 Å². The molecule has 0 aliphatic rings. The van der Waals surface area contributed by atoms with Crippen LogP contribution < -0.4 is 5.56 Å². The van der Waals surface area contributed by atoms with E-state index in [4.69, 9.17) is 5.11 Å². The lowest BCUT2D eigenvalue weighted by atomic mass is 10.1. The van der Waals surface area contributed by atoms with Crippen molar-refractivity contribution in [1.29, 1.82) is 0 Å². The van der Waals surface area contributed by atoms with E-state index in [1.807, 2.05) is 0 Å². The van der Waals surface area contributed by atoms with Gasteiger partial charge < -0.3 is 10.1 Å². The molecule has 0 amide bonds. The summed E-state index contributed by atoms with van der Waals surface area (Å²) in [7, 11) is 0. The van der Waals surface area contributed by atoms with Gasteiger partial charge in [-0.25, -0.2) is 4.79 Å². The topological polar surface area (TPSA) is 126 Å². The maximum Gasteiger partial charge on any atom is 0.341 e. The molecule has 19 heavy (non-hydrogen) atoms. The third-order valence-corrected chi connectivity index (χ3v) is 2.42. The van der Waals surface area contributed by atoms with Gasteiger partial charge in [-0.1, -0.05) is 0 Å². The first-order chi connectivity index (χ1) is 9.00. The molecule has 0 saturated carbocycles. The van der Waals surface area contributed by atoms with Gasteiger partial charge in [-0.15, -0.1) is 0 Å². The number of nitrogens with one attached hydrogen (secondary N) is 1.